The largest absolute Gasteiger partial charge is 0.325 e. The molecule has 0 fully saturated rings. The van der Waals surface area contributed by atoms with E-state index < -0.39 is 5.82 Å². The number of thiophene rings is 1. The van der Waals surface area contributed by atoms with Crippen molar-refractivity contribution >= 4 is 33.1 Å². The molecule has 0 aliphatic carbocycles. The summed E-state index contributed by atoms with van der Waals surface area (Å²) in [6, 6.07) is 7.49. The van der Waals surface area contributed by atoms with Gasteiger partial charge in [-0.1, -0.05) is 6.07 Å². The van der Waals surface area contributed by atoms with Crippen LogP contribution in [0.1, 0.15) is 5.82 Å². The monoisotopic (exact) mass is 346 g/mol. The fourth-order valence-corrected chi connectivity index (χ4v) is 3.05. The van der Waals surface area contributed by atoms with E-state index in [1.54, 1.807) is 24.1 Å². The van der Waals surface area contributed by atoms with Crippen LogP contribution in [0.25, 0.3) is 10.2 Å². The lowest BCUT2D eigenvalue weighted by atomic mass is 10.3. The number of nitrogens with one attached hydrogen (secondary N) is 2. The van der Waals surface area contributed by atoms with Crippen molar-refractivity contribution in [3.8, 4) is 0 Å². The van der Waals surface area contributed by atoms with Crippen LogP contribution in [-0.4, -0.2) is 34.4 Å². The number of hydrogen-bond donors (Lipinski definition) is 2. The lowest BCUT2D eigenvalue weighted by Gasteiger charge is -2.15. The molecule has 0 bridgehead atoms. The van der Waals surface area contributed by atoms with Crippen molar-refractivity contribution in [3.63, 3.8) is 0 Å². The number of halogens is 1. The number of amides is 1. The van der Waals surface area contributed by atoms with Crippen molar-refractivity contribution in [1.82, 2.24) is 14.9 Å². The lowest BCUT2D eigenvalue weighted by molar-refractivity contribution is -0.117. The van der Waals surface area contributed by atoms with Crippen LogP contribution in [0.15, 0.2) is 40.5 Å². The highest BCUT2D eigenvalue weighted by molar-refractivity contribution is 7.17. The standard InChI is InChI=1S/C16H15FN4O2S/c1-21(9-14(22)18-11-4-2-3-10(17)7-11)8-13-19-12-5-6-24-15(12)16(23)20-13/h2-7H,8-9H2,1H3,(H,18,22)(H,19,20,23). The van der Waals surface area contributed by atoms with Crippen LogP contribution in [0.5, 0.6) is 0 Å². The minimum Gasteiger partial charge on any atom is -0.325 e. The Bertz CT molecular complexity index is 937. The van der Waals surface area contributed by atoms with Crippen molar-refractivity contribution < 1.29 is 9.18 Å². The van der Waals surface area contributed by atoms with E-state index in [-0.39, 0.29) is 18.0 Å². The number of benzene rings is 1. The molecule has 24 heavy (non-hydrogen) atoms. The Hall–Kier alpha value is -2.58. The number of anilines is 1. The molecule has 8 heteroatoms. The summed E-state index contributed by atoms with van der Waals surface area (Å²) >= 11 is 1.34. The molecule has 1 amide bonds. The van der Waals surface area contributed by atoms with Gasteiger partial charge in [0, 0.05) is 5.69 Å². The number of carbonyl (C=O) groups is 1. The summed E-state index contributed by atoms with van der Waals surface area (Å²) in [5, 5.41) is 4.44. The molecule has 3 aromatic rings. The molecule has 1 aromatic carbocycles. The fourth-order valence-electron chi connectivity index (χ4n) is 2.32. The summed E-state index contributed by atoms with van der Waals surface area (Å²) in [7, 11) is 1.74. The molecule has 2 N–H and O–H groups in total. The van der Waals surface area contributed by atoms with E-state index in [0.29, 0.717) is 28.3 Å². The number of rotatable bonds is 5. The number of aromatic nitrogens is 2. The van der Waals surface area contributed by atoms with Crippen molar-refractivity contribution in [2.45, 2.75) is 6.54 Å². The number of H-pyrrole nitrogens is 1. The third kappa shape index (κ3) is 3.84. The molecule has 0 saturated heterocycles. The van der Waals surface area contributed by atoms with Crippen LogP contribution >= 0.6 is 11.3 Å². The van der Waals surface area contributed by atoms with Crippen molar-refractivity contribution in [3.05, 3.63) is 57.7 Å². The minimum absolute atomic E-state index is 0.0852. The second kappa shape index (κ2) is 6.90. The van der Waals surface area contributed by atoms with Gasteiger partial charge in [0.25, 0.3) is 5.56 Å². The SMILES string of the molecule is CN(CC(=O)Nc1cccc(F)c1)Cc1nc2ccsc2c(=O)[nH]1. The second-order valence-corrected chi connectivity index (χ2v) is 6.29. The summed E-state index contributed by atoms with van der Waals surface area (Å²) < 4.78 is 13.7. The van der Waals surface area contributed by atoms with Crippen LogP contribution in [0.4, 0.5) is 10.1 Å². The van der Waals surface area contributed by atoms with Gasteiger partial charge < -0.3 is 10.3 Å². The van der Waals surface area contributed by atoms with Gasteiger partial charge in [-0.05, 0) is 36.7 Å². The molecule has 0 unspecified atom stereocenters. The van der Waals surface area contributed by atoms with Gasteiger partial charge >= 0.3 is 0 Å². The molecule has 0 spiro atoms. The van der Waals surface area contributed by atoms with E-state index in [1.807, 2.05) is 5.38 Å². The second-order valence-electron chi connectivity index (χ2n) is 5.38. The van der Waals surface area contributed by atoms with Gasteiger partial charge in [-0.2, -0.15) is 0 Å². The van der Waals surface area contributed by atoms with Crippen LogP contribution in [-0.2, 0) is 11.3 Å². The molecule has 2 heterocycles. The molecule has 3 rings (SSSR count). The van der Waals surface area contributed by atoms with Crippen LogP contribution in [0, 0.1) is 5.82 Å². The maximum atomic E-state index is 13.1. The Labute approximate surface area is 141 Å². The summed E-state index contributed by atoms with van der Waals surface area (Å²) in [5.41, 5.74) is 0.874. The topological polar surface area (TPSA) is 78.1 Å². The average Bonchev–Trinajstić information content (AvgIpc) is 2.95. The van der Waals surface area contributed by atoms with E-state index in [1.165, 1.54) is 29.5 Å². The fraction of sp³-hybridized carbons (Fsp3) is 0.188. The third-order valence-electron chi connectivity index (χ3n) is 3.31. The highest BCUT2D eigenvalue weighted by atomic mass is 32.1. The number of likely N-dealkylation sites (N-methyl/N-ethyl adjacent to an activating group) is 1. The van der Waals surface area contributed by atoms with Gasteiger partial charge in [0.05, 0.1) is 18.6 Å². The molecule has 0 atom stereocenters. The first-order valence-corrected chi connectivity index (χ1v) is 8.09. The van der Waals surface area contributed by atoms with Crippen LogP contribution in [0.2, 0.25) is 0 Å². The number of carbonyl (C=O) groups excluding carboxylic acids is 1. The minimum atomic E-state index is -0.410. The van der Waals surface area contributed by atoms with Crippen LogP contribution in [0.3, 0.4) is 0 Å². The quantitative estimate of drug-likeness (QED) is 0.742. The van der Waals surface area contributed by atoms with Gasteiger partial charge in [0.15, 0.2) is 0 Å². The highest BCUT2D eigenvalue weighted by Gasteiger charge is 2.11. The maximum Gasteiger partial charge on any atom is 0.268 e. The first-order valence-electron chi connectivity index (χ1n) is 7.21. The number of hydrogen-bond acceptors (Lipinski definition) is 5. The summed E-state index contributed by atoms with van der Waals surface area (Å²) in [5.74, 6) is -0.194. The van der Waals surface area contributed by atoms with Crippen molar-refractivity contribution in [2.75, 3.05) is 18.9 Å². The predicted octanol–water partition coefficient (Wildman–Crippen LogP) is 2.19. The Morgan fingerprint density at radius 1 is 1.42 bits per heavy atom. The van der Waals surface area contributed by atoms with Gasteiger partial charge in [0.2, 0.25) is 5.91 Å². The zero-order valence-corrected chi connectivity index (χ0v) is 13.7. The number of fused-ring (bicyclic) bond motifs is 1. The molecule has 2 aromatic heterocycles. The number of nitrogens with zero attached hydrogens (tertiary/aromatic N) is 2. The van der Waals surface area contributed by atoms with Gasteiger partial charge in [-0.25, -0.2) is 9.37 Å². The first-order chi connectivity index (χ1) is 11.5. The van der Waals surface area contributed by atoms with Crippen LogP contribution < -0.4 is 10.9 Å². The lowest BCUT2D eigenvalue weighted by Crippen LogP contribution is -2.31. The Balaban J connectivity index is 1.62. The number of aromatic amines is 1. The van der Waals surface area contributed by atoms with Crippen molar-refractivity contribution in [2.24, 2.45) is 0 Å². The Morgan fingerprint density at radius 2 is 2.25 bits per heavy atom. The average molecular weight is 346 g/mol. The molecule has 6 nitrogen and oxygen atoms in total. The normalized spacial score (nSPS) is 11.1. The maximum absolute atomic E-state index is 13.1. The molecule has 124 valence electrons. The van der Waals surface area contributed by atoms with Gasteiger partial charge in [-0.3, -0.25) is 14.5 Å². The highest BCUT2D eigenvalue weighted by Crippen LogP contribution is 2.14. The summed E-state index contributed by atoms with van der Waals surface area (Å²) in [4.78, 5) is 32.7. The van der Waals surface area contributed by atoms with Gasteiger partial charge in [-0.15, -0.1) is 11.3 Å². The summed E-state index contributed by atoms with van der Waals surface area (Å²) in [6.45, 7) is 0.402. The molecule has 0 radical (unpaired) electrons. The van der Waals surface area contributed by atoms with E-state index in [0.717, 1.165) is 0 Å². The third-order valence-corrected chi connectivity index (χ3v) is 4.21. The molecular weight excluding hydrogens is 331 g/mol. The molecule has 0 saturated carbocycles. The smallest absolute Gasteiger partial charge is 0.268 e. The zero-order chi connectivity index (χ0) is 17.1. The molecular formula is C16H15FN4O2S. The molecule has 0 aliphatic rings. The van der Waals surface area contributed by atoms with E-state index in [9.17, 15) is 14.0 Å². The van der Waals surface area contributed by atoms with E-state index >= 15 is 0 Å². The predicted molar refractivity (Wildman–Crippen MR) is 91.6 cm³/mol. The zero-order valence-electron chi connectivity index (χ0n) is 12.9. The van der Waals surface area contributed by atoms with Gasteiger partial charge in [0.1, 0.15) is 16.3 Å². The first kappa shape index (κ1) is 16.3. The molecule has 0 aliphatic heterocycles. The van der Waals surface area contributed by atoms with E-state index in [4.69, 9.17) is 0 Å². The Morgan fingerprint density at radius 3 is 3.04 bits per heavy atom. The Kier molecular flexibility index (Phi) is 4.68. The summed E-state index contributed by atoms with van der Waals surface area (Å²) in [6.07, 6.45) is 0. The van der Waals surface area contributed by atoms with Crippen molar-refractivity contribution in [1.29, 1.82) is 0 Å². The van der Waals surface area contributed by atoms with E-state index in [2.05, 4.69) is 15.3 Å².